The zero-order valence-corrected chi connectivity index (χ0v) is 13.8. The lowest BCUT2D eigenvalue weighted by molar-refractivity contribution is -0.187. The molecule has 5 heteroatoms. The van der Waals surface area contributed by atoms with Crippen LogP contribution in [0.3, 0.4) is 0 Å². The van der Waals surface area contributed by atoms with Crippen molar-refractivity contribution in [3.05, 3.63) is 35.9 Å². The Balaban J connectivity index is 1.47. The summed E-state index contributed by atoms with van der Waals surface area (Å²) in [5.41, 5.74) is 1.26. The summed E-state index contributed by atoms with van der Waals surface area (Å²) < 4.78 is 11.4. The minimum atomic E-state index is -0.406. The van der Waals surface area contributed by atoms with Gasteiger partial charge in [-0.1, -0.05) is 30.3 Å². The van der Waals surface area contributed by atoms with Crippen LogP contribution in [0.1, 0.15) is 25.3 Å². The molecule has 1 aromatic rings. The van der Waals surface area contributed by atoms with Crippen molar-refractivity contribution in [3.63, 3.8) is 0 Å². The maximum absolute atomic E-state index is 12.5. The third kappa shape index (κ3) is 3.65. The Labute approximate surface area is 136 Å². The van der Waals surface area contributed by atoms with E-state index in [1.165, 1.54) is 5.56 Å². The molecule has 1 amide bonds. The largest absolute Gasteiger partial charge is 0.347 e. The van der Waals surface area contributed by atoms with E-state index >= 15 is 0 Å². The highest BCUT2D eigenvalue weighted by atomic mass is 32.2. The molecule has 2 heterocycles. The topological polar surface area (TPSA) is 38.8 Å². The first-order chi connectivity index (χ1) is 10.7. The molecule has 2 aliphatic rings. The average molecular weight is 321 g/mol. The molecule has 3 rings (SSSR count). The molecule has 0 aliphatic carbocycles. The van der Waals surface area contributed by atoms with Crippen molar-refractivity contribution in [2.45, 2.75) is 36.6 Å². The molecule has 0 saturated carbocycles. The molecule has 2 aliphatic heterocycles. The van der Waals surface area contributed by atoms with E-state index in [2.05, 4.69) is 12.1 Å². The molecule has 1 spiro atoms. The number of nitrogens with zero attached hydrogens (tertiary/aromatic N) is 1. The molecular formula is C17H23NO3S. The molecule has 22 heavy (non-hydrogen) atoms. The van der Waals surface area contributed by atoms with Gasteiger partial charge in [-0.05, 0) is 12.5 Å². The van der Waals surface area contributed by atoms with E-state index in [1.54, 1.807) is 11.8 Å². The van der Waals surface area contributed by atoms with E-state index in [9.17, 15) is 4.79 Å². The van der Waals surface area contributed by atoms with Gasteiger partial charge in [0.05, 0.1) is 18.5 Å². The molecule has 4 nitrogen and oxygen atoms in total. The number of carbonyl (C=O) groups excluding carboxylic acids is 1. The number of thioether (sulfide) groups is 1. The second-order valence-corrected chi connectivity index (χ2v) is 7.20. The van der Waals surface area contributed by atoms with Crippen LogP contribution in [0.2, 0.25) is 0 Å². The van der Waals surface area contributed by atoms with E-state index in [0.29, 0.717) is 13.2 Å². The van der Waals surface area contributed by atoms with Crippen LogP contribution in [-0.2, 0) is 20.0 Å². The fourth-order valence-electron chi connectivity index (χ4n) is 2.98. The van der Waals surface area contributed by atoms with Gasteiger partial charge in [0.2, 0.25) is 5.91 Å². The minimum Gasteiger partial charge on any atom is -0.347 e. The zero-order chi connectivity index (χ0) is 15.4. The number of piperidine rings is 1. The summed E-state index contributed by atoms with van der Waals surface area (Å²) >= 11 is 1.70. The van der Waals surface area contributed by atoms with Crippen LogP contribution >= 0.6 is 11.8 Å². The molecule has 0 bridgehead atoms. The number of hydrogen-bond donors (Lipinski definition) is 0. The van der Waals surface area contributed by atoms with Crippen LogP contribution < -0.4 is 0 Å². The standard InChI is InChI=1S/C17H23NO3S/c1-14(22-13-15-5-3-2-4-6-15)16(19)18-9-7-17(8-10-18)20-11-12-21-17/h2-6,14H,7-13H2,1H3. The van der Waals surface area contributed by atoms with Crippen molar-refractivity contribution in [2.24, 2.45) is 0 Å². The van der Waals surface area contributed by atoms with Crippen LogP contribution in [0.25, 0.3) is 0 Å². The lowest BCUT2D eigenvalue weighted by atomic mass is 10.0. The molecule has 1 aromatic carbocycles. The SMILES string of the molecule is CC(SCc1ccccc1)C(=O)N1CCC2(CC1)OCCO2. The van der Waals surface area contributed by atoms with Gasteiger partial charge in [0, 0.05) is 31.7 Å². The molecule has 0 N–H and O–H groups in total. The highest BCUT2D eigenvalue weighted by molar-refractivity contribution is 7.99. The fourth-order valence-corrected chi connectivity index (χ4v) is 3.90. The lowest BCUT2D eigenvalue weighted by Crippen LogP contribution is -2.49. The Bertz CT molecular complexity index is 492. The van der Waals surface area contributed by atoms with Gasteiger partial charge in [-0.3, -0.25) is 4.79 Å². The fraction of sp³-hybridized carbons (Fsp3) is 0.588. The summed E-state index contributed by atoms with van der Waals surface area (Å²) in [6.07, 6.45) is 1.57. The highest BCUT2D eigenvalue weighted by Crippen LogP contribution is 2.32. The Kier molecular flexibility index (Phi) is 5.06. The summed E-state index contributed by atoms with van der Waals surface area (Å²) in [7, 11) is 0. The van der Waals surface area contributed by atoms with E-state index in [0.717, 1.165) is 31.7 Å². The van der Waals surface area contributed by atoms with Crippen LogP contribution in [-0.4, -0.2) is 48.1 Å². The smallest absolute Gasteiger partial charge is 0.235 e. The number of carbonyl (C=O) groups is 1. The van der Waals surface area contributed by atoms with Gasteiger partial charge in [-0.25, -0.2) is 0 Å². The monoisotopic (exact) mass is 321 g/mol. The molecule has 1 unspecified atom stereocenters. The Hall–Kier alpha value is -1.04. The summed E-state index contributed by atoms with van der Waals surface area (Å²) in [5, 5.41) is -0.0142. The second kappa shape index (κ2) is 7.02. The van der Waals surface area contributed by atoms with Crippen LogP contribution in [0, 0.1) is 0 Å². The average Bonchev–Trinajstić information content (AvgIpc) is 3.02. The van der Waals surface area contributed by atoms with Gasteiger partial charge in [0.1, 0.15) is 0 Å². The zero-order valence-electron chi connectivity index (χ0n) is 13.0. The van der Waals surface area contributed by atoms with Crippen LogP contribution in [0.4, 0.5) is 0 Å². The number of likely N-dealkylation sites (tertiary alicyclic amines) is 1. The molecule has 0 aromatic heterocycles. The van der Waals surface area contributed by atoms with Gasteiger partial charge >= 0.3 is 0 Å². The summed E-state index contributed by atoms with van der Waals surface area (Å²) in [5.74, 6) is 0.698. The first-order valence-electron chi connectivity index (χ1n) is 7.91. The van der Waals surface area contributed by atoms with E-state index in [-0.39, 0.29) is 11.2 Å². The van der Waals surface area contributed by atoms with E-state index < -0.39 is 5.79 Å². The van der Waals surface area contributed by atoms with Crippen molar-refractivity contribution in [3.8, 4) is 0 Å². The molecular weight excluding hydrogens is 298 g/mol. The number of ether oxygens (including phenoxy) is 2. The lowest BCUT2D eigenvalue weighted by Gasteiger charge is -2.38. The van der Waals surface area contributed by atoms with Gasteiger partial charge in [-0.15, -0.1) is 11.8 Å². The highest BCUT2D eigenvalue weighted by Gasteiger charge is 2.41. The predicted molar refractivity (Wildman–Crippen MR) is 87.6 cm³/mol. The third-order valence-electron chi connectivity index (χ3n) is 4.34. The summed E-state index contributed by atoms with van der Waals surface area (Å²) in [6.45, 7) is 4.82. The van der Waals surface area contributed by atoms with Crippen molar-refractivity contribution in [1.29, 1.82) is 0 Å². The van der Waals surface area contributed by atoms with E-state index in [4.69, 9.17) is 9.47 Å². The number of amides is 1. The first kappa shape index (κ1) is 15.8. The van der Waals surface area contributed by atoms with Gasteiger partial charge in [0.25, 0.3) is 0 Å². The van der Waals surface area contributed by atoms with Crippen molar-refractivity contribution >= 4 is 17.7 Å². The van der Waals surface area contributed by atoms with Crippen LogP contribution in [0.15, 0.2) is 30.3 Å². The maximum Gasteiger partial charge on any atom is 0.235 e. The summed E-state index contributed by atoms with van der Waals surface area (Å²) in [6, 6.07) is 10.3. The van der Waals surface area contributed by atoms with Gasteiger partial charge in [0.15, 0.2) is 5.79 Å². The number of benzene rings is 1. The predicted octanol–water partition coefficient (Wildman–Crippen LogP) is 2.67. The Morgan fingerprint density at radius 1 is 1.23 bits per heavy atom. The third-order valence-corrected chi connectivity index (χ3v) is 5.54. The normalized spacial score (nSPS) is 22.0. The Morgan fingerprint density at radius 2 is 1.86 bits per heavy atom. The van der Waals surface area contributed by atoms with Crippen LogP contribution in [0.5, 0.6) is 0 Å². The molecule has 1 atom stereocenters. The maximum atomic E-state index is 12.5. The quantitative estimate of drug-likeness (QED) is 0.855. The van der Waals surface area contributed by atoms with E-state index in [1.807, 2.05) is 30.0 Å². The second-order valence-electron chi connectivity index (χ2n) is 5.87. The summed E-state index contributed by atoms with van der Waals surface area (Å²) in [4.78, 5) is 14.5. The minimum absolute atomic E-state index is 0.0142. The molecule has 2 saturated heterocycles. The van der Waals surface area contributed by atoms with Crippen molar-refractivity contribution in [2.75, 3.05) is 26.3 Å². The first-order valence-corrected chi connectivity index (χ1v) is 8.96. The van der Waals surface area contributed by atoms with Gasteiger partial charge < -0.3 is 14.4 Å². The molecule has 120 valence electrons. The van der Waals surface area contributed by atoms with Crippen molar-refractivity contribution < 1.29 is 14.3 Å². The van der Waals surface area contributed by atoms with Gasteiger partial charge in [-0.2, -0.15) is 0 Å². The number of hydrogen-bond acceptors (Lipinski definition) is 4. The van der Waals surface area contributed by atoms with Crippen molar-refractivity contribution in [1.82, 2.24) is 4.90 Å². The molecule has 2 fully saturated rings. The molecule has 0 radical (unpaired) electrons. The number of rotatable bonds is 4. The Morgan fingerprint density at radius 3 is 2.50 bits per heavy atom.